The average molecular weight is 322 g/mol. The number of allylic oxidation sites excluding steroid dienone is 3. The molecule has 0 heterocycles. The molecular formula is C20H34O3. The van der Waals surface area contributed by atoms with Crippen LogP contribution in [0.3, 0.4) is 0 Å². The topological polar surface area (TPSA) is 46.5 Å². The fourth-order valence-electron chi connectivity index (χ4n) is 3.73. The number of hydrogen-bond acceptors (Lipinski definition) is 2. The number of hydrogen-bond donors (Lipinski definition) is 1. The molecule has 23 heavy (non-hydrogen) atoms. The Labute approximate surface area is 141 Å². The molecule has 0 saturated heterocycles. The van der Waals surface area contributed by atoms with E-state index in [4.69, 9.17) is 4.74 Å². The van der Waals surface area contributed by atoms with Crippen molar-refractivity contribution in [3.05, 3.63) is 23.8 Å². The molecule has 0 bridgehead atoms. The van der Waals surface area contributed by atoms with Gasteiger partial charge in [0.1, 0.15) is 0 Å². The second-order valence-corrected chi connectivity index (χ2v) is 6.65. The number of carboxylic acid groups (broad SMARTS) is 1. The standard InChI is InChI=1S/C20H34O3/c1-4-6-7-8-9-10-14-20(19(21)22)15-11-12-17(5-2)18(20)13-16-23-3/h11-12,15,18H,4-10,13-14,16H2,1-3H3,(H,21,22). The minimum atomic E-state index is -0.747. The third-order valence-electron chi connectivity index (χ3n) is 5.13. The number of rotatable bonds is 12. The van der Waals surface area contributed by atoms with Crippen LogP contribution in [0, 0.1) is 11.3 Å². The van der Waals surface area contributed by atoms with Gasteiger partial charge in [-0.15, -0.1) is 0 Å². The molecule has 2 atom stereocenters. The quantitative estimate of drug-likeness (QED) is 0.491. The van der Waals surface area contributed by atoms with Gasteiger partial charge in [-0.3, -0.25) is 4.79 Å². The summed E-state index contributed by atoms with van der Waals surface area (Å²) < 4.78 is 5.24. The molecule has 0 amide bonds. The van der Waals surface area contributed by atoms with Crippen LogP contribution >= 0.6 is 0 Å². The highest BCUT2D eigenvalue weighted by Crippen LogP contribution is 2.45. The molecule has 0 aromatic carbocycles. The first-order valence-electron chi connectivity index (χ1n) is 9.23. The third kappa shape index (κ3) is 5.49. The molecule has 3 heteroatoms. The number of aliphatic carboxylic acids is 1. The number of carbonyl (C=O) groups is 1. The van der Waals surface area contributed by atoms with E-state index in [1.807, 2.05) is 12.2 Å². The van der Waals surface area contributed by atoms with E-state index in [1.54, 1.807) is 7.11 Å². The van der Waals surface area contributed by atoms with Crippen LogP contribution in [0.2, 0.25) is 0 Å². The summed E-state index contributed by atoms with van der Waals surface area (Å²) in [6, 6.07) is 0. The summed E-state index contributed by atoms with van der Waals surface area (Å²) in [4.78, 5) is 12.2. The maximum absolute atomic E-state index is 12.2. The Balaban J connectivity index is 2.76. The smallest absolute Gasteiger partial charge is 0.314 e. The first-order chi connectivity index (χ1) is 11.1. The van der Waals surface area contributed by atoms with Gasteiger partial charge in [-0.2, -0.15) is 0 Å². The summed E-state index contributed by atoms with van der Waals surface area (Å²) in [5.41, 5.74) is 0.501. The number of unbranched alkanes of at least 4 members (excludes halogenated alkanes) is 5. The highest BCUT2D eigenvalue weighted by atomic mass is 16.5. The monoisotopic (exact) mass is 322 g/mol. The Morgan fingerprint density at radius 1 is 1.22 bits per heavy atom. The number of methoxy groups -OCH3 is 1. The summed E-state index contributed by atoms with van der Waals surface area (Å²) in [7, 11) is 1.68. The Hall–Kier alpha value is -1.09. The zero-order chi connectivity index (χ0) is 17.1. The Kier molecular flexibility index (Phi) is 9.23. The summed E-state index contributed by atoms with van der Waals surface area (Å²) in [5.74, 6) is -0.618. The normalized spacial score (nSPS) is 23.8. The van der Waals surface area contributed by atoms with Crippen LogP contribution in [0.25, 0.3) is 0 Å². The lowest BCUT2D eigenvalue weighted by Crippen LogP contribution is -2.40. The molecule has 0 aliphatic heterocycles. The second kappa shape index (κ2) is 10.6. The molecule has 132 valence electrons. The van der Waals surface area contributed by atoms with Crippen molar-refractivity contribution in [1.82, 2.24) is 0 Å². The molecule has 2 unspecified atom stereocenters. The third-order valence-corrected chi connectivity index (χ3v) is 5.13. The van der Waals surface area contributed by atoms with Gasteiger partial charge in [0.15, 0.2) is 0 Å². The maximum Gasteiger partial charge on any atom is 0.314 e. The molecule has 3 nitrogen and oxygen atoms in total. The average Bonchev–Trinajstić information content (AvgIpc) is 2.56. The molecule has 0 radical (unpaired) electrons. The summed E-state index contributed by atoms with van der Waals surface area (Å²) in [6.07, 6.45) is 15.5. The van der Waals surface area contributed by atoms with Gasteiger partial charge in [0.25, 0.3) is 0 Å². The van der Waals surface area contributed by atoms with Gasteiger partial charge in [-0.1, -0.05) is 76.2 Å². The van der Waals surface area contributed by atoms with Crippen molar-refractivity contribution >= 4 is 5.97 Å². The van der Waals surface area contributed by atoms with Crippen LogP contribution in [0.1, 0.15) is 71.6 Å². The largest absolute Gasteiger partial charge is 0.481 e. The van der Waals surface area contributed by atoms with Crippen molar-refractivity contribution in [2.45, 2.75) is 71.6 Å². The molecule has 1 rings (SSSR count). The molecule has 0 aromatic rings. The van der Waals surface area contributed by atoms with E-state index in [0.717, 1.165) is 32.1 Å². The zero-order valence-corrected chi connectivity index (χ0v) is 15.1. The first-order valence-corrected chi connectivity index (χ1v) is 9.23. The molecule has 1 N–H and O–H groups in total. The van der Waals surface area contributed by atoms with Crippen LogP contribution in [0.5, 0.6) is 0 Å². The summed E-state index contributed by atoms with van der Waals surface area (Å²) in [5, 5.41) is 9.99. The molecular weight excluding hydrogens is 288 g/mol. The number of carboxylic acids is 1. The molecule has 0 aromatic heterocycles. The van der Waals surface area contributed by atoms with E-state index >= 15 is 0 Å². The van der Waals surface area contributed by atoms with E-state index in [2.05, 4.69) is 19.9 Å². The minimum absolute atomic E-state index is 0.0607. The maximum atomic E-state index is 12.2. The molecule has 0 spiro atoms. The lowest BCUT2D eigenvalue weighted by Gasteiger charge is -2.38. The van der Waals surface area contributed by atoms with Crippen molar-refractivity contribution in [2.24, 2.45) is 11.3 Å². The van der Waals surface area contributed by atoms with Crippen LogP contribution in [-0.2, 0) is 9.53 Å². The van der Waals surface area contributed by atoms with E-state index in [-0.39, 0.29) is 5.92 Å². The van der Waals surface area contributed by atoms with Gasteiger partial charge >= 0.3 is 5.97 Å². The SMILES string of the molecule is CCCCCCCCC1(C(=O)O)C=CC=C(CC)C1CCOC. The Morgan fingerprint density at radius 3 is 2.52 bits per heavy atom. The van der Waals surface area contributed by atoms with Gasteiger partial charge < -0.3 is 9.84 Å². The van der Waals surface area contributed by atoms with Crippen LogP contribution in [0.4, 0.5) is 0 Å². The highest BCUT2D eigenvalue weighted by molar-refractivity contribution is 5.79. The predicted molar refractivity (Wildman–Crippen MR) is 95.6 cm³/mol. The fourth-order valence-corrected chi connectivity index (χ4v) is 3.73. The van der Waals surface area contributed by atoms with Gasteiger partial charge in [-0.05, 0) is 19.3 Å². The van der Waals surface area contributed by atoms with E-state index in [1.165, 1.54) is 31.3 Å². The van der Waals surface area contributed by atoms with E-state index < -0.39 is 11.4 Å². The molecule has 1 aliphatic carbocycles. The molecule has 0 saturated carbocycles. The lowest BCUT2D eigenvalue weighted by molar-refractivity contribution is -0.149. The summed E-state index contributed by atoms with van der Waals surface area (Å²) in [6.45, 7) is 4.94. The van der Waals surface area contributed by atoms with Crippen LogP contribution in [0.15, 0.2) is 23.8 Å². The van der Waals surface area contributed by atoms with Gasteiger partial charge in [-0.25, -0.2) is 0 Å². The lowest BCUT2D eigenvalue weighted by atomic mass is 9.64. The van der Waals surface area contributed by atoms with Crippen molar-refractivity contribution in [1.29, 1.82) is 0 Å². The highest BCUT2D eigenvalue weighted by Gasteiger charge is 2.45. The Bertz CT molecular complexity index is 411. The molecule has 0 fully saturated rings. The second-order valence-electron chi connectivity index (χ2n) is 6.65. The summed E-state index contributed by atoms with van der Waals surface area (Å²) >= 11 is 0. The van der Waals surface area contributed by atoms with Crippen molar-refractivity contribution < 1.29 is 14.6 Å². The first kappa shape index (κ1) is 20.0. The minimum Gasteiger partial charge on any atom is -0.481 e. The van der Waals surface area contributed by atoms with Crippen LogP contribution in [-0.4, -0.2) is 24.8 Å². The van der Waals surface area contributed by atoms with E-state index in [0.29, 0.717) is 6.61 Å². The van der Waals surface area contributed by atoms with Crippen molar-refractivity contribution in [3.63, 3.8) is 0 Å². The predicted octanol–water partition coefficient (Wildman–Crippen LogP) is 5.37. The van der Waals surface area contributed by atoms with Gasteiger partial charge in [0.05, 0.1) is 5.41 Å². The van der Waals surface area contributed by atoms with Crippen molar-refractivity contribution in [2.75, 3.05) is 13.7 Å². The van der Waals surface area contributed by atoms with Crippen LogP contribution < -0.4 is 0 Å². The van der Waals surface area contributed by atoms with Crippen molar-refractivity contribution in [3.8, 4) is 0 Å². The fraction of sp³-hybridized carbons (Fsp3) is 0.750. The molecule has 1 aliphatic rings. The van der Waals surface area contributed by atoms with E-state index in [9.17, 15) is 9.90 Å². The number of ether oxygens (including phenoxy) is 1. The zero-order valence-electron chi connectivity index (χ0n) is 15.1. The Morgan fingerprint density at radius 2 is 1.91 bits per heavy atom. The van der Waals surface area contributed by atoms with Gasteiger partial charge in [0.2, 0.25) is 0 Å². The van der Waals surface area contributed by atoms with Gasteiger partial charge in [0, 0.05) is 19.6 Å².